The van der Waals surface area contributed by atoms with Crippen LogP contribution in [0.4, 0.5) is 0 Å². The Morgan fingerprint density at radius 3 is 2.12 bits per heavy atom. The molecule has 1 heterocycles. The molecule has 0 radical (unpaired) electrons. The van der Waals surface area contributed by atoms with Crippen molar-refractivity contribution in [2.45, 2.75) is 84.0 Å². The lowest BCUT2D eigenvalue weighted by molar-refractivity contribution is -0.142. The molecule has 0 saturated heterocycles. The van der Waals surface area contributed by atoms with Crippen LogP contribution in [0.3, 0.4) is 0 Å². The van der Waals surface area contributed by atoms with Crippen molar-refractivity contribution in [2.75, 3.05) is 0 Å². The molecule has 12 heteroatoms. The zero-order valence-corrected chi connectivity index (χ0v) is 23.5. The Balaban J connectivity index is 2.30. The van der Waals surface area contributed by atoms with Gasteiger partial charge in [-0.15, -0.1) is 0 Å². The van der Waals surface area contributed by atoms with Crippen LogP contribution in [0.1, 0.15) is 58.9 Å². The highest BCUT2D eigenvalue weighted by Gasteiger charge is 2.32. The lowest BCUT2D eigenvalue weighted by Crippen LogP contribution is -2.58. The van der Waals surface area contributed by atoms with Crippen molar-refractivity contribution >= 4 is 40.5 Å². The summed E-state index contributed by atoms with van der Waals surface area (Å²) >= 11 is 0. The molecule has 1 aromatic carbocycles. The number of aromatic nitrogens is 1. The van der Waals surface area contributed by atoms with E-state index in [0.29, 0.717) is 6.42 Å². The van der Waals surface area contributed by atoms with E-state index in [2.05, 4.69) is 20.9 Å². The number of hydrogen-bond donors (Lipinski definition) is 7. The van der Waals surface area contributed by atoms with Crippen molar-refractivity contribution in [3.8, 4) is 0 Å². The first-order valence-electron chi connectivity index (χ1n) is 13.6. The Morgan fingerprint density at radius 2 is 1.52 bits per heavy atom. The van der Waals surface area contributed by atoms with E-state index in [1.807, 2.05) is 52.0 Å². The van der Waals surface area contributed by atoms with Gasteiger partial charge in [0.2, 0.25) is 23.6 Å². The molecule has 9 N–H and O–H groups in total. The molecule has 220 valence electrons. The second-order valence-corrected chi connectivity index (χ2v) is 10.6. The average Bonchev–Trinajstić information content (AvgIpc) is 3.31. The highest BCUT2D eigenvalue weighted by molar-refractivity contribution is 5.95. The standard InChI is InChI=1S/C28H42N6O6/c1-5-16(4)24(30)27(38)34-22(13-17-14-31-19-9-7-6-8-18(17)19)26(37)33-21(12-15(2)3)25(36)32-20(28(39)40)10-11-23(29)35/h6-9,14-16,20-22,24,31H,5,10-13,30H2,1-4H3,(H2,29,35)(H,32,36)(H,33,37)(H,34,38)(H,39,40). The van der Waals surface area contributed by atoms with Crippen LogP contribution < -0.4 is 27.4 Å². The quantitative estimate of drug-likeness (QED) is 0.158. The molecule has 0 saturated carbocycles. The van der Waals surface area contributed by atoms with Gasteiger partial charge in [0, 0.05) is 29.9 Å². The number of primary amides is 1. The minimum Gasteiger partial charge on any atom is -0.480 e. The minimum absolute atomic E-state index is 0.0366. The van der Waals surface area contributed by atoms with E-state index in [4.69, 9.17) is 11.5 Å². The Morgan fingerprint density at radius 1 is 0.925 bits per heavy atom. The lowest BCUT2D eigenvalue weighted by Gasteiger charge is -2.27. The van der Waals surface area contributed by atoms with Crippen molar-refractivity contribution in [3.63, 3.8) is 0 Å². The highest BCUT2D eigenvalue weighted by atomic mass is 16.4. The number of carboxylic acids is 1. The summed E-state index contributed by atoms with van der Waals surface area (Å²) in [4.78, 5) is 65.7. The number of carbonyl (C=O) groups is 5. The molecule has 1 aromatic heterocycles. The van der Waals surface area contributed by atoms with Crippen LogP contribution in [0.5, 0.6) is 0 Å². The Kier molecular flexibility index (Phi) is 12.1. The van der Waals surface area contributed by atoms with Crippen LogP contribution in [0.25, 0.3) is 10.9 Å². The summed E-state index contributed by atoms with van der Waals surface area (Å²) in [6.07, 6.45) is 2.35. The summed E-state index contributed by atoms with van der Waals surface area (Å²) in [5.74, 6) is -3.99. The zero-order valence-electron chi connectivity index (χ0n) is 23.5. The third-order valence-electron chi connectivity index (χ3n) is 6.93. The minimum atomic E-state index is -1.36. The predicted octanol–water partition coefficient (Wildman–Crippen LogP) is 0.934. The average molecular weight is 559 g/mol. The fraction of sp³-hybridized carbons (Fsp3) is 0.536. The lowest BCUT2D eigenvalue weighted by atomic mass is 9.97. The van der Waals surface area contributed by atoms with Crippen molar-refractivity contribution in [1.29, 1.82) is 0 Å². The van der Waals surface area contributed by atoms with Gasteiger partial charge >= 0.3 is 5.97 Å². The Labute approximate surface area is 234 Å². The first-order valence-corrected chi connectivity index (χ1v) is 13.6. The number of rotatable bonds is 16. The fourth-order valence-electron chi connectivity index (χ4n) is 4.30. The molecule has 5 unspecified atom stereocenters. The molecule has 0 spiro atoms. The monoisotopic (exact) mass is 558 g/mol. The molecule has 0 bridgehead atoms. The number of hydrogen-bond acceptors (Lipinski definition) is 6. The number of aliphatic carboxylic acids is 1. The molecule has 2 aromatic rings. The van der Waals surface area contributed by atoms with Crippen molar-refractivity contribution in [3.05, 3.63) is 36.0 Å². The van der Waals surface area contributed by atoms with Crippen LogP contribution in [0.2, 0.25) is 0 Å². The molecule has 0 fully saturated rings. The summed E-state index contributed by atoms with van der Waals surface area (Å²) in [5.41, 5.74) is 12.9. The Hall–Kier alpha value is -3.93. The molecule has 4 amide bonds. The van der Waals surface area contributed by atoms with Gasteiger partial charge in [0.05, 0.1) is 6.04 Å². The number of amides is 4. The summed E-state index contributed by atoms with van der Waals surface area (Å²) in [6.45, 7) is 7.46. The zero-order chi connectivity index (χ0) is 30.0. The number of nitrogens with two attached hydrogens (primary N) is 2. The molecule has 2 rings (SSSR count). The molecule has 0 aliphatic carbocycles. The number of para-hydroxylation sites is 1. The normalized spacial score (nSPS) is 15.1. The topological polar surface area (TPSA) is 209 Å². The number of fused-ring (bicyclic) bond motifs is 1. The molecule has 0 aliphatic rings. The van der Waals surface area contributed by atoms with E-state index in [-0.39, 0.29) is 37.5 Å². The van der Waals surface area contributed by atoms with Gasteiger partial charge in [0.25, 0.3) is 0 Å². The fourth-order valence-corrected chi connectivity index (χ4v) is 4.30. The van der Waals surface area contributed by atoms with Gasteiger partial charge in [-0.2, -0.15) is 0 Å². The molecule has 5 atom stereocenters. The van der Waals surface area contributed by atoms with Crippen molar-refractivity contribution in [1.82, 2.24) is 20.9 Å². The maximum atomic E-state index is 13.6. The van der Waals surface area contributed by atoms with Crippen molar-refractivity contribution in [2.24, 2.45) is 23.3 Å². The third kappa shape index (κ3) is 9.37. The number of H-pyrrole nitrogens is 1. The van der Waals surface area contributed by atoms with E-state index in [0.717, 1.165) is 16.5 Å². The SMILES string of the molecule is CCC(C)C(N)C(=O)NC(Cc1c[nH]c2ccccc12)C(=O)NC(CC(C)C)C(=O)NC(CCC(N)=O)C(=O)O. The van der Waals surface area contributed by atoms with Gasteiger partial charge in [-0.25, -0.2) is 4.79 Å². The largest absolute Gasteiger partial charge is 0.480 e. The van der Waals surface area contributed by atoms with Crippen LogP contribution in [0, 0.1) is 11.8 Å². The molecular formula is C28H42N6O6. The van der Waals surface area contributed by atoms with E-state index in [9.17, 15) is 29.1 Å². The van der Waals surface area contributed by atoms with Gasteiger partial charge in [0.15, 0.2) is 0 Å². The number of benzene rings is 1. The highest BCUT2D eigenvalue weighted by Crippen LogP contribution is 2.20. The van der Waals surface area contributed by atoms with Gasteiger partial charge in [-0.1, -0.05) is 52.3 Å². The van der Waals surface area contributed by atoms with Crippen LogP contribution in [-0.4, -0.2) is 63.9 Å². The van der Waals surface area contributed by atoms with Crippen LogP contribution in [0.15, 0.2) is 30.5 Å². The van der Waals surface area contributed by atoms with Gasteiger partial charge < -0.3 is 37.5 Å². The number of nitrogens with one attached hydrogen (secondary N) is 4. The molecule has 12 nitrogen and oxygen atoms in total. The van der Waals surface area contributed by atoms with Gasteiger partial charge in [-0.05, 0) is 36.3 Å². The van der Waals surface area contributed by atoms with Crippen molar-refractivity contribution < 1.29 is 29.1 Å². The molecule has 0 aliphatic heterocycles. The van der Waals surface area contributed by atoms with E-state index in [1.54, 1.807) is 6.20 Å². The number of carbonyl (C=O) groups excluding carboxylic acids is 4. The maximum absolute atomic E-state index is 13.6. The number of aromatic amines is 1. The van der Waals surface area contributed by atoms with Gasteiger partial charge in [0.1, 0.15) is 18.1 Å². The second kappa shape index (κ2) is 15.0. The van der Waals surface area contributed by atoms with Crippen LogP contribution >= 0.6 is 0 Å². The molecule has 40 heavy (non-hydrogen) atoms. The van der Waals surface area contributed by atoms with Crippen LogP contribution in [-0.2, 0) is 30.4 Å². The first-order chi connectivity index (χ1) is 18.8. The smallest absolute Gasteiger partial charge is 0.326 e. The van der Waals surface area contributed by atoms with E-state index in [1.165, 1.54) is 0 Å². The van der Waals surface area contributed by atoms with Gasteiger partial charge in [-0.3, -0.25) is 19.2 Å². The summed E-state index contributed by atoms with van der Waals surface area (Å²) in [7, 11) is 0. The number of carboxylic acid groups (broad SMARTS) is 1. The Bertz CT molecular complexity index is 1190. The second-order valence-electron chi connectivity index (χ2n) is 10.6. The summed E-state index contributed by atoms with van der Waals surface area (Å²) in [5, 5.41) is 18.2. The first kappa shape index (κ1) is 32.3. The summed E-state index contributed by atoms with van der Waals surface area (Å²) in [6, 6.07) is 3.19. The molecular weight excluding hydrogens is 516 g/mol. The van der Waals surface area contributed by atoms with E-state index >= 15 is 0 Å². The third-order valence-corrected chi connectivity index (χ3v) is 6.93. The summed E-state index contributed by atoms with van der Waals surface area (Å²) < 4.78 is 0. The predicted molar refractivity (Wildman–Crippen MR) is 151 cm³/mol. The van der Waals surface area contributed by atoms with E-state index < -0.39 is 53.8 Å². The maximum Gasteiger partial charge on any atom is 0.326 e.